The van der Waals surface area contributed by atoms with Crippen molar-refractivity contribution in [2.75, 3.05) is 20.1 Å². The van der Waals surface area contributed by atoms with Crippen LogP contribution in [-0.4, -0.2) is 37.0 Å². The van der Waals surface area contributed by atoms with Crippen molar-refractivity contribution in [2.45, 2.75) is 13.0 Å². The maximum Gasteiger partial charge on any atom is 0.239 e. The van der Waals surface area contributed by atoms with Crippen LogP contribution in [0.25, 0.3) is 0 Å². The largest absolute Gasteiger partial charge is 0.467 e. The van der Waals surface area contributed by atoms with Gasteiger partial charge < -0.3 is 20.4 Å². The van der Waals surface area contributed by atoms with Crippen molar-refractivity contribution in [3.05, 3.63) is 53.2 Å². The molecular formula is C16H20ClN5O2. The Hall–Kier alpha value is -2.54. The van der Waals surface area contributed by atoms with Crippen LogP contribution in [0.2, 0.25) is 5.15 Å². The lowest BCUT2D eigenvalue weighted by Crippen LogP contribution is -2.43. The zero-order valence-electron chi connectivity index (χ0n) is 13.4. The van der Waals surface area contributed by atoms with Gasteiger partial charge in [-0.05, 0) is 30.2 Å². The number of hydrogen-bond acceptors (Lipinski definition) is 4. The minimum absolute atomic E-state index is 0.128. The third-order valence-corrected chi connectivity index (χ3v) is 3.40. The Labute approximate surface area is 145 Å². The third-order valence-electron chi connectivity index (χ3n) is 3.17. The van der Waals surface area contributed by atoms with Crippen LogP contribution in [0.1, 0.15) is 11.3 Å². The molecule has 2 rings (SSSR count). The Kier molecular flexibility index (Phi) is 7.10. The molecular weight excluding hydrogens is 330 g/mol. The average Bonchev–Trinajstić information content (AvgIpc) is 3.11. The highest BCUT2D eigenvalue weighted by Gasteiger charge is 2.04. The van der Waals surface area contributed by atoms with E-state index in [1.54, 1.807) is 37.7 Å². The number of nitrogens with zero attached hydrogens (tertiary/aromatic N) is 2. The first-order chi connectivity index (χ1) is 11.7. The van der Waals surface area contributed by atoms with Crippen molar-refractivity contribution in [2.24, 2.45) is 4.99 Å². The van der Waals surface area contributed by atoms with Crippen molar-refractivity contribution >= 4 is 23.5 Å². The third kappa shape index (κ3) is 6.29. The number of aliphatic imine (C=N–C) groups is 1. The summed E-state index contributed by atoms with van der Waals surface area (Å²) in [7, 11) is 1.65. The fourth-order valence-corrected chi connectivity index (χ4v) is 2.04. The highest BCUT2D eigenvalue weighted by atomic mass is 35.5. The average molecular weight is 350 g/mol. The predicted octanol–water partition coefficient (Wildman–Crippen LogP) is 1.35. The van der Waals surface area contributed by atoms with Gasteiger partial charge in [0.15, 0.2) is 5.96 Å². The number of aromatic nitrogens is 1. The molecule has 3 N–H and O–H groups in total. The van der Waals surface area contributed by atoms with Crippen molar-refractivity contribution in [1.82, 2.24) is 20.9 Å². The Morgan fingerprint density at radius 1 is 1.29 bits per heavy atom. The van der Waals surface area contributed by atoms with Gasteiger partial charge in [0.2, 0.25) is 5.91 Å². The first kappa shape index (κ1) is 17.8. The van der Waals surface area contributed by atoms with E-state index in [-0.39, 0.29) is 12.5 Å². The molecule has 0 bridgehead atoms. The number of carbonyl (C=O) groups is 1. The van der Waals surface area contributed by atoms with Crippen LogP contribution in [-0.2, 0) is 17.8 Å². The molecule has 2 aromatic heterocycles. The van der Waals surface area contributed by atoms with Crippen LogP contribution in [0.4, 0.5) is 0 Å². The first-order valence-electron chi connectivity index (χ1n) is 7.51. The maximum absolute atomic E-state index is 11.8. The van der Waals surface area contributed by atoms with Gasteiger partial charge in [-0.15, -0.1) is 0 Å². The van der Waals surface area contributed by atoms with Crippen LogP contribution in [0.3, 0.4) is 0 Å². The topological polar surface area (TPSA) is 91.5 Å². The fraction of sp³-hybridized carbons (Fsp3) is 0.312. The molecule has 0 aliphatic rings. The van der Waals surface area contributed by atoms with Gasteiger partial charge in [0, 0.05) is 19.8 Å². The number of rotatable bonds is 7. The van der Waals surface area contributed by atoms with Crippen molar-refractivity contribution in [1.29, 1.82) is 0 Å². The quantitative estimate of drug-likeness (QED) is 0.399. The van der Waals surface area contributed by atoms with E-state index >= 15 is 0 Å². The van der Waals surface area contributed by atoms with Gasteiger partial charge >= 0.3 is 0 Å². The van der Waals surface area contributed by atoms with Crippen molar-refractivity contribution in [3.63, 3.8) is 0 Å². The van der Waals surface area contributed by atoms with E-state index in [1.807, 2.05) is 6.07 Å². The summed E-state index contributed by atoms with van der Waals surface area (Å²) < 4.78 is 5.15. The predicted molar refractivity (Wildman–Crippen MR) is 92.9 cm³/mol. The smallest absolute Gasteiger partial charge is 0.239 e. The lowest BCUT2D eigenvalue weighted by atomic mass is 10.2. The minimum Gasteiger partial charge on any atom is -0.467 e. The summed E-state index contributed by atoms with van der Waals surface area (Å²) in [4.78, 5) is 19.9. The summed E-state index contributed by atoms with van der Waals surface area (Å²) in [5, 5.41) is 9.32. The molecule has 0 saturated heterocycles. The molecule has 0 aliphatic carbocycles. The Morgan fingerprint density at radius 2 is 2.17 bits per heavy atom. The maximum atomic E-state index is 11.8. The molecule has 0 spiro atoms. The Balaban J connectivity index is 1.64. The Morgan fingerprint density at radius 3 is 2.83 bits per heavy atom. The van der Waals surface area contributed by atoms with Crippen molar-refractivity contribution < 1.29 is 9.21 Å². The molecule has 0 aliphatic heterocycles. The molecule has 0 unspecified atom stereocenters. The van der Waals surface area contributed by atoms with E-state index < -0.39 is 0 Å². The van der Waals surface area contributed by atoms with Gasteiger partial charge in [-0.1, -0.05) is 17.7 Å². The molecule has 7 nitrogen and oxygen atoms in total. The Bertz CT molecular complexity index is 656. The summed E-state index contributed by atoms with van der Waals surface area (Å²) in [5.74, 6) is 1.13. The van der Waals surface area contributed by atoms with Crippen LogP contribution in [0, 0.1) is 0 Å². The standard InChI is InChI=1S/C16H20ClN5O2/c1-18-16(19-7-6-12-4-5-14(17)20-9-12)22-11-15(23)21-10-13-3-2-8-24-13/h2-5,8-9H,6-7,10-11H2,1H3,(H,21,23)(H2,18,19,22). The number of amides is 1. The highest BCUT2D eigenvalue weighted by molar-refractivity contribution is 6.29. The van der Waals surface area contributed by atoms with E-state index in [9.17, 15) is 4.79 Å². The molecule has 0 fully saturated rings. The zero-order chi connectivity index (χ0) is 17.2. The normalized spacial score (nSPS) is 11.2. The first-order valence-corrected chi connectivity index (χ1v) is 7.89. The number of nitrogens with one attached hydrogen (secondary N) is 3. The summed E-state index contributed by atoms with van der Waals surface area (Å²) in [6.07, 6.45) is 4.08. The van der Waals surface area contributed by atoms with Gasteiger partial charge in [0.05, 0.1) is 19.4 Å². The van der Waals surface area contributed by atoms with Gasteiger partial charge in [-0.2, -0.15) is 0 Å². The summed E-state index contributed by atoms with van der Waals surface area (Å²) in [6, 6.07) is 7.27. The highest BCUT2D eigenvalue weighted by Crippen LogP contribution is 2.05. The van der Waals surface area contributed by atoms with E-state index in [2.05, 4.69) is 25.9 Å². The second kappa shape index (κ2) is 9.57. The number of halogens is 1. The lowest BCUT2D eigenvalue weighted by molar-refractivity contribution is -0.120. The van der Waals surface area contributed by atoms with Gasteiger partial charge in [0.1, 0.15) is 10.9 Å². The molecule has 2 aromatic rings. The molecule has 0 aromatic carbocycles. The van der Waals surface area contributed by atoms with E-state index in [0.29, 0.717) is 30.0 Å². The molecule has 0 saturated carbocycles. The monoisotopic (exact) mass is 349 g/mol. The number of pyridine rings is 1. The number of hydrogen-bond donors (Lipinski definition) is 3. The molecule has 2 heterocycles. The molecule has 24 heavy (non-hydrogen) atoms. The summed E-state index contributed by atoms with van der Waals surface area (Å²) in [5.41, 5.74) is 1.07. The van der Waals surface area contributed by atoms with Gasteiger partial charge in [-0.25, -0.2) is 4.98 Å². The van der Waals surface area contributed by atoms with E-state index in [4.69, 9.17) is 16.0 Å². The van der Waals surface area contributed by atoms with E-state index in [0.717, 1.165) is 12.0 Å². The molecule has 0 atom stereocenters. The number of furan rings is 1. The van der Waals surface area contributed by atoms with Gasteiger partial charge in [-0.3, -0.25) is 9.79 Å². The molecule has 0 radical (unpaired) electrons. The molecule has 1 amide bonds. The van der Waals surface area contributed by atoms with Crippen LogP contribution in [0.15, 0.2) is 46.1 Å². The van der Waals surface area contributed by atoms with E-state index in [1.165, 1.54) is 0 Å². The van der Waals surface area contributed by atoms with Crippen molar-refractivity contribution in [3.8, 4) is 0 Å². The van der Waals surface area contributed by atoms with Crippen LogP contribution < -0.4 is 16.0 Å². The molecule has 8 heteroatoms. The second-order valence-corrected chi connectivity index (χ2v) is 5.34. The zero-order valence-corrected chi connectivity index (χ0v) is 14.1. The number of guanidine groups is 1. The fourth-order valence-electron chi connectivity index (χ4n) is 1.93. The van der Waals surface area contributed by atoms with Gasteiger partial charge in [0.25, 0.3) is 0 Å². The lowest BCUT2D eigenvalue weighted by Gasteiger charge is -2.11. The second-order valence-electron chi connectivity index (χ2n) is 4.95. The SMILES string of the molecule is CN=C(NCCc1ccc(Cl)nc1)NCC(=O)NCc1ccco1. The summed E-state index contributed by atoms with van der Waals surface area (Å²) in [6.45, 7) is 1.16. The number of carbonyl (C=O) groups excluding carboxylic acids is 1. The summed E-state index contributed by atoms with van der Waals surface area (Å²) >= 11 is 5.75. The minimum atomic E-state index is -0.142. The molecule has 128 valence electrons. The van der Waals surface area contributed by atoms with Crippen LogP contribution >= 0.6 is 11.6 Å². The van der Waals surface area contributed by atoms with Crippen LogP contribution in [0.5, 0.6) is 0 Å².